The van der Waals surface area contributed by atoms with Crippen molar-refractivity contribution in [1.29, 1.82) is 0 Å². The van der Waals surface area contributed by atoms with Gasteiger partial charge in [0.15, 0.2) is 0 Å². The van der Waals surface area contributed by atoms with Gasteiger partial charge in [0.2, 0.25) is 0 Å². The Bertz CT molecular complexity index is 265. The van der Waals surface area contributed by atoms with Crippen LogP contribution in [0.4, 0.5) is 0 Å². The molecule has 0 bridgehead atoms. The van der Waals surface area contributed by atoms with Crippen LogP contribution in [0.2, 0.25) is 0 Å². The molecule has 1 saturated heterocycles. The van der Waals surface area contributed by atoms with E-state index in [4.69, 9.17) is 4.74 Å². The Hall–Kier alpha value is -0.120. The number of nitrogens with zero attached hydrogens (tertiary/aromatic N) is 1. The molecule has 18 heavy (non-hydrogen) atoms. The largest absolute Gasteiger partial charge is 0.378 e. The molecule has 1 heterocycles. The third-order valence-corrected chi connectivity index (χ3v) is 4.96. The number of nitrogens with one attached hydrogen (secondary N) is 1. The maximum Gasteiger partial charge on any atom is 0.0604 e. The molecule has 0 radical (unpaired) electrons. The lowest BCUT2D eigenvalue weighted by Gasteiger charge is -2.53. The third kappa shape index (κ3) is 2.89. The highest BCUT2D eigenvalue weighted by molar-refractivity contribution is 5.00. The zero-order valence-corrected chi connectivity index (χ0v) is 12.5. The number of hydrogen-bond donors (Lipinski definition) is 1. The fraction of sp³-hybridized carbons (Fsp3) is 1.00. The van der Waals surface area contributed by atoms with Crippen LogP contribution in [-0.4, -0.2) is 48.3 Å². The average molecular weight is 254 g/mol. The standard InChI is InChI=1S/C15H30N2O/c1-5-12-10-16-15(4,6-2)11-17(12)13-8-14(9-13)18-7-3/h12-14,16H,5-11H2,1-4H3. The molecule has 3 heteroatoms. The molecule has 0 aromatic rings. The predicted octanol–water partition coefficient (Wildman–Crippen LogP) is 2.41. The van der Waals surface area contributed by atoms with Crippen molar-refractivity contribution in [2.45, 2.75) is 77.1 Å². The van der Waals surface area contributed by atoms with Crippen molar-refractivity contribution >= 4 is 0 Å². The summed E-state index contributed by atoms with van der Waals surface area (Å²) in [6.07, 6.45) is 5.47. The molecule has 0 aromatic carbocycles. The molecule has 3 nitrogen and oxygen atoms in total. The minimum absolute atomic E-state index is 0.308. The molecule has 1 N–H and O–H groups in total. The number of ether oxygens (including phenoxy) is 1. The SMILES string of the molecule is CCOC1CC(N2CC(C)(CC)NCC2CC)C1. The van der Waals surface area contributed by atoms with Gasteiger partial charge in [-0.05, 0) is 39.5 Å². The van der Waals surface area contributed by atoms with Crippen LogP contribution in [0.25, 0.3) is 0 Å². The Balaban J connectivity index is 1.92. The minimum atomic E-state index is 0.308. The lowest BCUT2D eigenvalue weighted by molar-refractivity contribution is -0.0745. The van der Waals surface area contributed by atoms with Gasteiger partial charge in [-0.15, -0.1) is 0 Å². The van der Waals surface area contributed by atoms with Gasteiger partial charge >= 0.3 is 0 Å². The fourth-order valence-corrected chi connectivity index (χ4v) is 3.29. The second-order valence-corrected chi connectivity index (χ2v) is 6.23. The summed E-state index contributed by atoms with van der Waals surface area (Å²) in [6.45, 7) is 12.3. The van der Waals surface area contributed by atoms with Crippen LogP contribution in [0.15, 0.2) is 0 Å². The van der Waals surface area contributed by atoms with E-state index in [9.17, 15) is 0 Å². The van der Waals surface area contributed by atoms with Gasteiger partial charge in [0.05, 0.1) is 6.10 Å². The van der Waals surface area contributed by atoms with E-state index in [1.54, 1.807) is 0 Å². The van der Waals surface area contributed by atoms with E-state index in [0.29, 0.717) is 11.6 Å². The third-order valence-electron chi connectivity index (χ3n) is 4.96. The van der Waals surface area contributed by atoms with Crippen LogP contribution in [0, 0.1) is 0 Å². The summed E-state index contributed by atoms with van der Waals surface area (Å²) in [5.74, 6) is 0. The van der Waals surface area contributed by atoms with Crippen molar-refractivity contribution in [3.8, 4) is 0 Å². The molecule has 2 rings (SSSR count). The Morgan fingerprint density at radius 3 is 2.56 bits per heavy atom. The first-order valence-electron chi connectivity index (χ1n) is 7.74. The van der Waals surface area contributed by atoms with Gasteiger partial charge in [-0.1, -0.05) is 13.8 Å². The van der Waals surface area contributed by atoms with E-state index in [1.165, 1.54) is 32.2 Å². The molecule has 1 aliphatic heterocycles. The summed E-state index contributed by atoms with van der Waals surface area (Å²) in [7, 11) is 0. The molecule has 106 valence electrons. The summed E-state index contributed by atoms with van der Waals surface area (Å²) >= 11 is 0. The van der Waals surface area contributed by atoms with Crippen molar-refractivity contribution < 1.29 is 4.74 Å². The summed E-state index contributed by atoms with van der Waals surface area (Å²) in [5.41, 5.74) is 0.308. The summed E-state index contributed by atoms with van der Waals surface area (Å²) in [6, 6.07) is 1.48. The molecule has 0 amide bonds. The Labute approximate surface area is 112 Å². The summed E-state index contributed by atoms with van der Waals surface area (Å²) < 4.78 is 5.70. The van der Waals surface area contributed by atoms with Gasteiger partial charge < -0.3 is 10.1 Å². The maximum absolute atomic E-state index is 5.70. The molecule has 2 fully saturated rings. The molecular weight excluding hydrogens is 224 g/mol. The van der Waals surface area contributed by atoms with Crippen LogP contribution in [0.1, 0.15) is 53.4 Å². The second kappa shape index (κ2) is 5.89. The van der Waals surface area contributed by atoms with Crippen LogP contribution < -0.4 is 5.32 Å². The van der Waals surface area contributed by atoms with Crippen molar-refractivity contribution in [1.82, 2.24) is 10.2 Å². The molecule has 1 saturated carbocycles. The number of hydrogen-bond acceptors (Lipinski definition) is 3. The van der Waals surface area contributed by atoms with Crippen LogP contribution in [0.5, 0.6) is 0 Å². The lowest BCUT2D eigenvalue weighted by Crippen LogP contribution is -2.66. The van der Waals surface area contributed by atoms with Gasteiger partial charge in [-0.2, -0.15) is 0 Å². The van der Waals surface area contributed by atoms with E-state index >= 15 is 0 Å². The molecule has 0 spiro atoms. The van der Waals surface area contributed by atoms with Crippen molar-refractivity contribution in [3.63, 3.8) is 0 Å². The maximum atomic E-state index is 5.70. The van der Waals surface area contributed by atoms with E-state index in [1.807, 2.05) is 0 Å². The molecule has 2 aliphatic rings. The van der Waals surface area contributed by atoms with Gasteiger partial charge in [0, 0.05) is 37.3 Å². The zero-order chi connectivity index (χ0) is 13.2. The normalized spacial score (nSPS) is 41.7. The molecule has 2 unspecified atom stereocenters. The first kappa shape index (κ1) is 14.3. The minimum Gasteiger partial charge on any atom is -0.378 e. The Morgan fingerprint density at radius 1 is 1.28 bits per heavy atom. The fourth-order valence-electron chi connectivity index (χ4n) is 3.29. The van der Waals surface area contributed by atoms with E-state index in [-0.39, 0.29) is 0 Å². The van der Waals surface area contributed by atoms with Gasteiger partial charge in [0.25, 0.3) is 0 Å². The Kier molecular flexibility index (Phi) is 4.68. The summed E-state index contributed by atoms with van der Waals surface area (Å²) in [5, 5.41) is 3.74. The van der Waals surface area contributed by atoms with Crippen molar-refractivity contribution in [2.24, 2.45) is 0 Å². The highest BCUT2D eigenvalue weighted by atomic mass is 16.5. The molecule has 0 aromatic heterocycles. The van der Waals surface area contributed by atoms with Crippen LogP contribution in [-0.2, 0) is 4.74 Å². The van der Waals surface area contributed by atoms with Crippen molar-refractivity contribution in [2.75, 3.05) is 19.7 Å². The van der Waals surface area contributed by atoms with E-state index in [0.717, 1.165) is 25.2 Å². The predicted molar refractivity (Wildman–Crippen MR) is 75.9 cm³/mol. The average Bonchev–Trinajstić information content (AvgIpc) is 2.33. The first-order valence-corrected chi connectivity index (χ1v) is 7.74. The number of rotatable bonds is 5. The van der Waals surface area contributed by atoms with E-state index in [2.05, 4.69) is 37.9 Å². The molecule has 2 atom stereocenters. The van der Waals surface area contributed by atoms with Crippen LogP contribution >= 0.6 is 0 Å². The van der Waals surface area contributed by atoms with Gasteiger partial charge in [0.1, 0.15) is 0 Å². The summed E-state index contributed by atoms with van der Waals surface area (Å²) in [4.78, 5) is 2.76. The smallest absolute Gasteiger partial charge is 0.0604 e. The second-order valence-electron chi connectivity index (χ2n) is 6.23. The van der Waals surface area contributed by atoms with Crippen LogP contribution in [0.3, 0.4) is 0 Å². The van der Waals surface area contributed by atoms with Crippen molar-refractivity contribution in [3.05, 3.63) is 0 Å². The quantitative estimate of drug-likeness (QED) is 0.815. The molecular formula is C15H30N2O. The monoisotopic (exact) mass is 254 g/mol. The van der Waals surface area contributed by atoms with Gasteiger partial charge in [-0.3, -0.25) is 4.90 Å². The highest BCUT2D eigenvalue weighted by Crippen LogP contribution is 2.33. The van der Waals surface area contributed by atoms with E-state index < -0.39 is 0 Å². The first-order chi connectivity index (χ1) is 8.61. The Morgan fingerprint density at radius 2 is 2.00 bits per heavy atom. The van der Waals surface area contributed by atoms with Gasteiger partial charge in [-0.25, -0.2) is 0 Å². The molecule has 1 aliphatic carbocycles. The number of piperazine rings is 1. The lowest BCUT2D eigenvalue weighted by atomic mass is 9.83. The zero-order valence-electron chi connectivity index (χ0n) is 12.5. The topological polar surface area (TPSA) is 24.5 Å². The highest BCUT2D eigenvalue weighted by Gasteiger charge is 2.42.